The lowest BCUT2D eigenvalue weighted by Crippen LogP contribution is -2.06. The zero-order chi connectivity index (χ0) is 14.3. The molecule has 2 heterocycles. The van der Waals surface area contributed by atoms with E-state index < -0.39 is 0 Å². The number of anilines is 1. The highest BCUT2D eigenvalue weighted by molar-refractivity contribution is 6.31. The molecular formula is C14H14ClN5. The molecule has 0 unspecified atom stereocenters. The van der Waals surface area contributed by atoms with Crippen LogP contribution in [0.1, 0.15) is 19.9 Å². The fraction of sp³-hybridized carbons (Fsp3) is 0.214. The minimum Gasteiger partial charge on any atom is -0.382 e. The van der Waals surface area contributed by atoms with Gasteiger partial charge in [0, 0.05) is 23.5 Å². The third-order valence-electron chi connectivity index (χ3n) is 3.11. The van der Waals surface area contributed by atoms with Gasteiger partial charge in [0.2, 0.25) is 0 Å². The molecule has 0 spiro atoms. The second kappa shape index (κ2) is 4.76. The molecule has 0 fully saturated rings. The normalized spacial score (nSPS) is 11.4. The van der Waals surface area contributed by atoms with Crippen LogP contribution in [-0.4, -0.2) is 19.5 Å². The molecule has 3 rings (SSSR count). The molecule has 6 heteroatoms. The molecule has 1 aromatic carbocycles. The van der Waals surface area contributed by atoms with Crippen molar-refractivity contribution in [1.29, 1.82) is 0 Å². The zero-order valence-electron chi connectivity index (χ0n) is 11.2. The lowest BCUT2D eigenvalue weighted by atomic mass is 10.3. The second-order valence-corrected chi connectivity index (χ2v) is 5.26. The molecule has 0 aliphatic heterocycles. The minimum absolute atomic E-state index is 0.204. The van der Waals surface area contributed by atoms with Crippen LogP contribution in [0.3, 0.4) is 0 Å². The highest BCUT2D eigenvalue weighted by Gasteiger charge is 2.18. The van der Waals surface area contributed by atoms with Gasteiger partial charge in [0.05, 0.1) is 11.0 Å². The third kappa shape index (κ3) is 2.00. The summed E-state index contributed by atoms with van der Waals surface area (Å²) in [6.07, 6.45) is 3.18. The number of aromatic nitrogens is 4. The van der Waals surface area contributed by atoms with E-state index in [1.54, 1.807) is 12.4 Å². The Morgan fingerprint density at radius 3 is 2.65 bits per heavy atom. The molecule has 0 saturated heterocycles. The molecule has 20 heavy (non-hydrogen) atoms. The van der Waals surface area contributed by atoms with Gasteiger partial charge < -0.3 is 10.3 Å². The average molecular weight is 288 g/mol. The van der Waals surface area contributed by atoms with Crippen molar-refractivity contribution < 1.29 is 0 Å². The number of fused-ring (bicyclic) bond motifs is 1. The van der Waals surface area contributed by atoms with Crippen molar-refractivity contribution in [3.63, 3.8) is 0 Å². The van der Waals surface area contributed by atoms with Crippen LogP contribution in [0.15, 0.2) is 30.6 Å². The number of nitrogen functional groups attached to an aromatic ring is 1. The van der Waals surface area contributed by atoms with Gasteiger partial charge in [-0.2, -0.15) is 0 Å². The van der Waals surface area contributed by atoms with Crippen molar-refractivity contribution in [2.24, 2.45) is 0 Å². The van der Waals surface area contributed by atoms with Crippen molar-refractivity contribution in [1.82, 2.24) is 19.5 Å². The molecule has 2 aromatic heterocycles. The van der Waals surface area contributed by atoms with E-state index >= 15 is 0 Å². The number of imidazole rings is 1. The van der Waals surface area contributed by atoms with Crippen molar-refractivity contribution in [2.75, 3.05) is 5.73 Å². The van der Waals surface area contributed by atoms with Crippen molar-refractivity contribution in [3.8, 4) is 11.5 Å². The van der Waals surface area contributed by atoms with Crippen LogP contribution in [0.2, 0.25) is 5.02 Å². The molecular weight excluding hydrogens is 274 g/mol. The van der Waals surface area contributed by atoms with Crippen LogP contribution in [0.5, 0.6) is 0 Å². The van der Waals surface area contributed by atoms with Gasteiger partial charge in [-0.3, -0.25) is 0 Å². The summed E-state index contributed by atoms with van der Waals surface area (Å²) in [5.41, 5.74) is 8.34. The van der Waals surface area contributed by atoms with Crippen LogP contribution in [0.4, 0.5) is 5.82 Å². The van der Waals surface area contributed by atoms with Crippen molar-refractivity contribution in [3.05, 3.63) is 35.6 Å². The van der Waals surface area contributed by atoms with Crippen molar-refractivity contribution >= 4 is 28.5 Å². The van der Waals surface area contributed by atoms with E-state index in [1.165, 1.54) is 0 Å². The standard InChI is InChI=1S/C14H14ClN5/c1-8(2)20-11-7-9(15)3-4-10(11)19-14(20)12-13(16)18-6-5-17-12/h3-8H,1-2H3,(H2,16,18). The molecule has 0 aliphatic carbocycles. The van der Waals surface area contributed by atoms with Crippen LogP contribution >= 0.6 is 11.6 Å². The largest absolute Gasteiger partial charge is 0.382 e. The molecule has 0 radical (unpaired) electrons. The number of rotatable bonds is 2. The molecule has 5 nitrogen and oxygen atoms in total. The molecule has 0 amide bonds. The summed E-state index contributed by atoms with van der Waals surface area (Å²) in [5.74, 6) is 1.08. The van der Waals surface area contributed by atoms with Gasteiger partial charge in [0.1, 0.15) is 5.69 Å². The Bertz CT molecular complexity index is 778. The molecule has 3 aromatic rings. The molecule has 0 bridgehead atoms. The summed E-state index contributed by atoms with van der Waals surface area (Å²) in [4.78, 5) is 13.0. The smallest absolute Gasteiger partial charge is 0.163 e. The van der Waals surface area contributed by atoms with Gasteiger partial charge in [-0.1, -0.05) is 11.6 Å². The maximum atomic E-state index is 6.09. The number of hydrogen-bond donors (Lipinski definition) is 1. The Morgan fingerprint density at radius 2 is 1.95 bits per heavy atom. The Hall–Kier alpha value is -2.14. The van der Waals surface area contributed by atoms with E-state index in [2.05, 4.69) is 33.4 Å². The van der Waals surface area contributed by atoms with E-state index in [-0.39, 0.29) is 6.04 Å². The van der Waals surface area contributed by atoms with E-state index in [0.717, 1.165) is 11.0 Å². The van der Waals surface area contributed by atoms with E-state index in [0.29, 0.717) is 22.4 Å². The van der Waals surface area contributed by atoms with Gasteiger partial charge in [0.25, 0.3) is 0 Å². The predicted molar refractivity (Wildman–Crippen MR) is 80.6 cm³/mol. The van der Waals surface area contributed by atoms with E-state index in [9.17, 15) is 0 Å². The summed E-state index contributed by atoms with van der Waals surface area (Å²) in [6.45, 7) is 4.16. The van der Waals surface area contributed by atoms with Crippen LogP contribution in [0.25, 0.3) is 22.6 Å². The molecule has 0 atom stereocenters. The van der Waals surface area contributed by atoms with Crippen LogP contribution in [0, 0.1) is 0 Å². The zero-order valence-corrected chi connectivity index (χ0v) is 12.0. The van der Waals surface area contributed by atoms with Crippen molar-refractivity contribution in [2.45, 2.75) is 19.9 Å². The minimum atomic E-state index is 0.204. The summed E-state index contributed by atoms with van der Waals surface area (Å²) >= 11 is 6.09. The maximum absolute atomic E-state index is 6.09. The third-order valence-corrected chi connectivity index (χ3v) is 3.34. The van der Waals surface area contributed by atoms with E-state index in [1.807, 2.05) is 18.2 Å². The Balaban J connectivity index is 2.36. The number of nitrogens with zero attached hydrogens (tertiary/aromatic N) is 4. The van der Waals surface area contributed by atoms with Gasteiger partial charge in [-0.05, 0) is 32.0 Å². The predicted octanol–water partition coefficient (Wildman–Crippen LogP) is 3.31. The highest BCUT2D eigenvalue weighted by Crippen LogP contribution is 2.30. The molecule has 0 saturated carbocycles. The first-order chi connectivity index (χ1) is 9.58. The average Bonchev–Trinajstić information content (AvgIpc) is 2.77. The Labute approximate surface area is 121 Å². The first-order valence-corrected chi connectivity index (χ1v) is 6.70. The van der Waals surface area contributed by atoms with Gasteiger partial charge in [-0.25, -0.2) is 15.0 Å². The summed E-state index contributed by atoms with van der Waals surface area (Å²) < 4.78 is 2.07. The van der Waals surface area contributed by atoms with Crippen LogP contribution < -0.4 is 5.73 Å². The summed E-state index contributed by atoms with van der Waals surface area (Å²) in [7, 11) is 0. The topological polar surface area (TPSA) is 69.6 Å². The fourth-order valence-electron chi connectivity index (χ4n) is 2.28. The highest BCUT2D eigenvalue weighted by atomic mass is 35.5. The molecule has 102 valence electrons. The van der Waals surface area contributed by atoms with Gasteiger partial charge >= 0.3 is 0 Å². The number of halogens is 1. The Kier molecular flexibility index (Phi) is 3.06. The lowest BCUT2D eigenvalue weighted by molar-refractivity contribution is 0.623. The summed E-state index contributed by atoms with van der Waals surface area (Å²) in [5, 5.41) is 0.679. The monoisotopic (exact) mass is 287 g/mol. The number of nitrogens with two attached hydrogens (primary N) is 1. The van der Waals surface area contributed by atoms with Crippen LogP contribution in [-0.2, 0) is 0 Å². The first kappa shape index (κ1) is 12.9. The second-order valence-electron chi connectivity index (χ2n) is 4.82. The Morgan fingerprint density at radius 1 is 1.20 bits per heavy atom. The van der Waals surface area contributed by atoms with Gasteiger partial charge in [0.15, 0.2) is 11.6 Å². The quantitative estimate of drug-likeness (QED) is 0.785. The number of hydrogen-bond acceptors (Lipinski definition) is 4. The lowest BCUT2D eigenvalue weighted by Gasteiger charge is -2.13. The first-order valence-electron chi connectivity index (χ1n) is 6.32. The molecule has 2 N–H and O–H groups in total. The number of benzene rings is 1. The van der Waals surface area contributed by atoms with E-state index in [4.69, 9.17) is 17.3 Å². The summed E-state index contributed by atoms with van der Waals surface area (Å²) in [6, 6.07) is 5.83. The maximum Gasteiger partial charge on any atom is 0.163 e. The SMILES string of the molecule is CC(C)n1c(-c2nccnc2N)nc2ccc(Cl)cc21. The molecule has 0 aliphatic rings. The van der Waals surface area contributed by atoms with Gasteiger partial charge in [-0.15, -0.1) is 0 Å². The fourth-order valence-corrected chi connectivity index (χ4v) is 2.44.